The van der Waals surface area contributed by atoms with Crippen LogP contribution in [0.25, 0.3) is 0 Å². The van der Waals surface area contributed by atoms with E-state index in [-0.39, 0.29) is 11.9 Å². The Morgan fingerprint density at radius 2 is 2.12 bits per heavy atom. The van der Waals surface area contributed by atoms with Gasteiger partial charge in [0.25, 0.3) is 0 Å². The van der Waals surface area contributed by atoms with Crippen molar-refractivity contribution in [1.29, 1.82) is 0 Å². The van der Waals surface area contributed by atoms with E-state index in [0.717, 1.165) is 18.7 Å². The van der Waals surface area contributed by atoms with Crippen molar-refractivity contribution in [3.05, 3.63) is 11.1 Å². The zero-order valence-electron chi connectivity index (χ0n) is 10.7. The zero-order valence-corrected chi connectivity index (χ0v) is 10.7. The molecule has 0 saturated carbocycles. The van der Waals surface area contributed by atoms with Crippen LogP contribution in [0.3, 0.4) is 0 Å². The third-order valence-corrected chi connectivity index (χ3v) is 2.95. The minimum absolute atomic E-state index is 0.142. The van der Waals surface area contributed by atoms with Gasteiger partial charge in [0.1, 0.15) is 0 Å². The molecule has 1 aliphatic rings. The lowest BCUT2D eigenvalue weighted by Gasteiger charge is -2.29. The fourth-order valence-electron chi connectivity index (χ4n) is 1.67. The number of nitrogens with one attached hydrogen (secondary N) is 1. The van der Waals surface area contributed by atoms with Gasteiger partial charge in [-0.2, -0.15) is 0 Å². The van der Waals surface area contributed by atoms with E-state index >= 15 is 0 Å². The van der Waals surface area contributed by atoms with E-state index in [1.807, 2.05) is 25.7 Å². The van der Waals surface area contributed by atoms with Crippen molar-refractivity contribution in [3.63, 3.8) is 0 Å². The summed E-state index contributed by atoms with van der Waals surface area (Å²) in [5.74, 6) is 0.142. The Balaban J connectivity index is 2.66. The average Bonchev–Trinajstić information content (AvgIpc) is 2.14. The molecule has 1 heterocycles. The van der Waals surface area contributed by atoms with Crippen molar-refractivity contribution in [2.45, 2.75) is 26.8 Å². The molecule has 1 saturated heterocycles. The van der Waals surface area contributed by atoms with Crippen molar-refractivity contribution in [2.24, 2.45) is 0 Å². The second kappa shape index (κ2) is 6.01. The maximum Gasteiger partial charge on any atom is 0.249 e. The first-order valence-corrected chi connectivity index (χ1v) is 5.77. The highest BCUT2D eigenvalue weighted by molar-refractivity contribution is 5.94. The van der Waals surface area contributed by atoms with E-state index in [9.17, 15) is 4.79 Å². The molecule has 1 aliphatic heterocycles. The quantitative estimate of drug-likeness (QED) is 0.705. The van der Waals surface area contributed by atoms with E-state index in [1.165, 1.54) is 5.57 Å². The third kappa shape index (κ3) is 3.06. The molecule has 4 heteroatoms. The van der Waals surface area contributed by atoms with Gasteiger partial charge in [-0.15, -0.1) is 0 Å². The number of ether oxygens (including phenoxy) is 1. The van der Waals surface area contributed by atoms with Gasteiger partial charge in [0.05, 0.1) is 6.61 Å². The number of carbonyl (C=O) groups is 1. The maximum atomic E-state index is 12.2. The smallest absolute Gasteiger partial charge is 0.249 e. The SMILES string of the molecule is COCCN(C(=O)C(C)=C1CNC1)C(C)C. The fourth-order valence-corrected chi connectivity index (χ4v) is 1.67. The van der Waals surface area contributed by atoms with Crippen molar-refractivity contribution in [1.82, 2.24) is 10.2 Å². The van der Waals surface area contributed by atoms with Crippen molar-refractivity contribution >= 4 is 5.91 Å². The van der Waals surface area contributed by atoms with Crippen molar-refractivity contribution < 1.29 is 9.53 Å². The summed E-state index contributed by atoms with van der Waals surface area (Å²) in [7, 11) is 1.66. The van der Waals surface area contributed by atoms with Crippen LogP contribution in [0.5, 0.6) is 0 Å². The molecule has 0 unspecified atom stereocenters. The summed E-state index contributed by atoms with van der Waals surface area (Å²) in [6, 6.07) is 0.214. The first-order chi connectivity index (χ1) is 7.57. The maximum absolute atomic E-state index is 12.2. The molecule has 0 aliphatic carbocycles. The minimum atomic E-state index is 0.142. The molecule has 1 amide bonds. The van der Waals surface area contributed by atoms with Crippen LogP contribution in [0.2, 0.25) is 0 Å². The first kappa shape index (κ1) is 13.2. The summed E-state index contributed by atoms with van der Waals surface area (Å²) in [6.07, 6.45) is 0. The van der Waals surface area contributed by atoms with Crippen LogP contribution in [0, 0.1) is 0 Å². The number of hydrogen-bond acceptors (Lipinski definition) is 3. The molecule has 1 rings (SSSR count). The van der Waals surface area contributed by atoms with Gasteiger partial charge in [-0.05, 0) is 26.3 Å². The highest BCUT2D eigenvalue weighted by atomic mass is 16.5. The van der Waals surface area contributed by atoms with Gasteiger partial charge in [0.15, 0.2) is 0 Å². The van der Waals surface area contributed by atoms with Crippen molar-refractivity contribution in [3.8, 4) is 0 Å². The van der Waals surface area contributed by atoms with E-state index in [1.54, 1.807) is 7.11 Å². The van der Waals surface area contributed by atoms with Gasteiger partial charge in [0.2, 0.25) is 5.91 Å². The van der Waals surface area contributed by atoms with Gasteiger partial charge in [0, 0.05) is 38.4 Å². The number of nitrogens with zero attached hydrogens (tertiary/aromatic N) is 1. The van der Waals surface area contributed by atoms with Gasteiger partial charge in [-0.3, -0.25) is 4.79 Å². The van der Waals surface area contributed by atoms with Gasteiger partial charge in [-0.25, -0.2) is 0 Å². The number of carbonyl (C=O) groups excluding carboxylic acids is 1. The van der Waals surface area contributed by atoms with Crippen LogP contribution in [0.4, 0.5) is 0 Å². The predicted molar refractivity (Wildman–Crippen MR) is 64.3 cm³/mol. The Labute approximate surface area is 97.6 Å². The molecule has 4 nitrogen and oxygen atoms in total. The van der Waals surface area contributed by atoms with Crippen LogP contribution in [-0.2, 0) is 9.53 Å². The topological polar surface area (TPSA) is 41.6 Å². The van der Waals surface area contributed by atoms with Crippen LogP contribution >= 0.6 is 0 Å². The molecule has 1 fully saturated rings. The summed E-state index contributed by atoms with van der Waals surface area (Å²) in [6.45, 7) is 8.94. The molecule has 0 aromatic rings. The highest BCUT2D eigenvalue weighted by Gasteiger charge is 2.22. The molecule has 0 spiro atoms. The molecule has 0 atom stereocenters. The Morgan fingerprint density at radius 1 is 1.50 bits per heavy atom. The van der Waals surface area contributed by atoms with E-state index in [0.29, 0.717) is 13.2 Å². The zero-order chi connectivity index (χ0) is 12.1. The molecule has 1 N–H and O–H groups in total. The van der Waals surface area contributed by atoms with Gasteiger partial charge < -0.3 is 15.0 Å². The summed E-state index contributed by atoms with van der Waals surface area (Å²) >= 11 is 0. The van der Waals surface area contributed by atoms with E-state index in [4.69, 9.17) is 4.74 Å². The van der Waals surface area contributed by atoms with E-state index in [2.05, 4.69) is 5.32 Å². The molecule has 0 aromatic carbocycles. The molecule has 0 radical (unpaired) electrons. The lowest BCUT2D eigenvalue weighted by Crippen LogP contribution is -2.42. The minimum Gasteiger partial charge on any atom is -0.383 e. The molecule has 92 valence electrons. The van der Waals surface area contributed by atoms with Crippen LogP contribution < -0.4 is 5.32 Å². The second-order valence-electron chi connectivity index (χ2n) is 4.42. The second-order valence-corrected chi connectivity index (χ2v) is 4.42. The van der Waals surface area contributed by atoms with Crippen LogP contribution in [-0.4, -0.2) is 50.2 Å². The summed E-state index contributed by atoms with van der Waals surface area (Å²) in [5, 5.41) is 3.16. The molecule has 0 aromatic heterocycles. The lowest BCUT2D eigenvalue weighted by atomic mass is 10.0. The Hall–Kier alpha value is -0.870. The fraction of sp³-hybridized carbons (Fsp3) is 0.750. The Bertz CT molecular complexity index is 279. The number of amides is 1. The summed E-state index contributed by atoms with van der Waals surface area (Å²) in [4.78, 5) is 14.1. The largest absolute Gasteiger partial charge is 0.383 e. The first-order valence-electron chi connectivity index (χ1n) is 5.77. The normalized spacial score (nSPS) is 14.9. The van der Waals surface area contributed by atoms with Gasteiger partial charge in [-0.1, -0.05) is 0 Å². The standard InChI is InChI=1S/C12H22N2O2/c1-9(2)14(5-6-16-4)12(15)10(3)11-7-13-8-11/h9,13H,5-8H2,1-4H3. The number of hydrogen-bond donors (Lipinski definition) is 1. The molecular weight excluding hydrogens is 204 g/mol. The number of methoxy groups -OCH3 is 1. The average molecular weight is 226 g/mol. The van der Waals surface area contributed by atoms with Crippen LogP contribution in [0.15, 0.2) is 11.1 Å². The van der Waals surface area contributed by atoms with Crippen molar-refractivity contribution in [2.75, 3.05) is 33.4 Å². The Morgan fingerprint density at radius 3 is 2.50 bits per heavy atom. The van der Waals surface area contributed by atoms with E-state index < -0.39 is 0 Å². The monoisotopic (exact) mass is 226 g/mol. The molecule has 0 bridgehead atoms. The Kier molecular flexibility index (Phi) is 4.96. The highest BCUT2D eigenvalue weighted by Crippen LogP contribution is 2.13. The lowest BCUT2D eigenvalue weighted by molar-refractivity contribution is -0.129. The number of rotatable bonds is 5. The summed E-state index contributed by atoms with van der Waals surface area (Å²) < 4.78 is 5.03. The molecular formula is C12H22N2O2. The van der Waals surface area contributed by atoms with Gasteiger partial charge >= 0.3 is 0 Å². The predicted octanol–water partition coefficient (Wildman–Crippen LogP) is 0.789. The molecule has 16 heavy (non-hydrogen) atoms. The van der Waals surface area contributed by atoms with Crippen LogP contribution in [0.1, 0.15) is 20.8 Å². The summed E-state index contributed by atoms with van der Waals surface area (Å²) in [5.41, 5.74) is 2.12. The third-order valence-electron chi connectivity index (χ3n) is 2.95.